The van der Waals surface area contributed by atoms with Crippen LogP contribution in [0.2, 0.25) is 0 Å². The molecule has 3 aromatic rings. The lowest BCUT2D eigenvalue weighted by Crippen LogP contribution is -2.36. The number of amides is 1. The van der Waals surface area contributed by atoms with Crippen molar-refractivity contribution in [1.29, 1.82) is 0 Å². The van der Waals surface area contributed by atoms with Crippen LogP contribution in [-0.2, 0) is 21.2 Å². The first-order valence-corrected chi connectivity index (χ1v) is 11.5. The van der Waals surface area contributed by atoms with Crippen molar-refractivity contribution in [2.75, 3.05) is 17.3 Å². The van der Waals surface area contributed by atoms with Gasteiger partial charge in [0.15, 0.2) is 15.5 Å². The highest BCUT2D eigenvalue weighted by Gasteiger charge is 2.28. The third-order valence-corrected chi connectivity index (χ3v) is 7.21. The van der Waals surface area contributed by atoms with Gasteiger partial charge in [0.05, 0.1) is 22.8 Å². The summed E-state index contributed by atoms with van der Waals surface area (Å²) in [5.41, 5.74) is 2.55. The van der Waals surface area contributed by atoms with Gasteiger partial charge in [-0.05, 0) is 19.4 Å². The number of aryl methyl sites for hydroxylation is 1. The van der Waals surface area contributed by atoms with E-state index < -0.39 is 9.84 Å². The number of nitrogens with one attached hydrogen (secondary N) is 1. The number of hydrogen-bond acceptors (Lipinski definition) is 7. The van der Waals surface area contributed by atoms with E-state index in [2.05, 4.69) is 25.1 Å². The lowest BCUT2D eigenvalue weighted by Gasteiger charge is -2.10. The van der Waals surface area contributed by atoms with Crippen LogP contribution in [0, 0.1) is 0 Å². The van der Waals surface area contributed by atoms with Crippen molar-refractivity contribution in [3.63, 3.8) is 0 Å². The number of benzene rings is 1. The average molecular weight is 406 g/mol. The van der Waals surface area contributed by atoms with E-state index in [1.165, 1.54) is 11.8 Å². The Labute approximate surface area is 160 Å². The van der Waals surface area contributed by atoms with Gasteiger partial charge in [-0.2, -0.15) is 0 Å². The second-order valence-corrected chi connectivity index (χ2v) is 9.66. The fourth-order valence-corrected chi connectivity index (χ4v) is 5.65. The van der Waals surface area contributed by atoms with Crippen LogP contribution in [0.5, 0.6) is 0 Å². The molecule has 0 bridgehead atoms. The Bertz CT molecular complexity index is 1130. The number of hydrogen-bond donors (Lipinski definition) is 1. The molecular weight excluding hydrogens is 386 g/mol. The Kier molecular flexibility index (Phi) is 4.77. The summed E-state index contributed by atoms with van der Waals surface area (Å²) in [6.45, 7) is 2.80. The monoisotopic (exact) mass is 405 g/mol. The molecule has 0 saturated carbocycles. The van der Waals surface area contributed by atoms with Crippen molar-refractivity contribution >= 4 is 49.6 Å². The summed E-state index contributed by atoms with van der Waals surface area (Å²) in [6.07, 6.45) is 0.472. The molecule has 142 valence electrons. The van der Waals surface area contributed by atoms with Gasteiger partial charge in [-0.1, -0.05) is 30.0 Å². The minimum absolute atomic E-state index is 0.0179. The van der Waals surface area contributed by atoms with Crippen molar-refractivity contribution in [1.82, 2.24) is 25.1 Å². The molecule has 4 rings (SSSR count). The maximum atomic E-state index is 12.1. The highest BCUT2D eigenvalue weighted by Crippen LogP contribution is 2.26. The SMILES string of the molecule is CCn1c2ccccc2c2nnc(SCC(=O)N[C@H]3CCS(=O)(=O)C3)nc21. The molecule has 0 aliphatic carbocycles. The van der Waals surface area contributed by atoms with E-state index in [4.69, 9.17) is 0 Å². The predicted molar refractivity (Wildman–Crippen MR) is 104 cm³/mol. The number of para-hydroxylation sites is 1. The molecule has 0 unspecified atom stereocenters. The second kappa shape index (κ2) is 7.08. The van der Waals surface area contributed by atoms with E-state index in [0.717, 1.165) is 28.6 Å². The van der Waals surface area contributed by atoms with Crippen molar-refractivity contribution in [2.24, 2.45) is 0 Å². The fraction of sp³-hybridized carbons (Fsp3) is 0.412. The average Bonchev–Trinajstić information content (AvgIpc) is 3.15. The second-order valence-electron chi connectivity index (χ2n) is 6.48. The summed E-state index contributed by atoms with van der Waals surface area (Å²) in [5, 5.41) is 12.7. The molecular formula is C17H19N5O3S2. The van der Waals surface area contributed by atoms with Gasteiger partial charge in [0, 0.05) is 18.0 Å². The summed E-state index contributed by atoms with van der Waals surface area (Å²) < 4.78 is 25.0. The number of thioether (sulfide) groups is 1. The first-order chi connectivity index (χ1) is 13.0. The number of carbonyl (C=O) groups is 1. The van der Waals surface area contributed by atoms with Gasteiger partial charge in [-0.3, -0.25) is 4.79 Å². The number of carbonyl (C=O) groups excluding carboxylic acids is 1. The Morgan fingerprint density at radius 2 is 2.15 bits per heavy atom. The molecule has 8 nitrogen and oxygen atoms in total. The third-order valence-electron chi connectivity index (χ3n) is 4.60. The molecule has 1 aliphatic heterocycles. The fourth-order valence-electron chi connectivity index (χ4n) is 3.38. The number of fused-ring (bicyclic) bond motifs is 3. The van der Waals surface area contributed by atoms with E-state index in [-0.39, 0.29) is 29.2 Å². The molecule has 1 aromatic carbocycles. The molecule has 2 aromatic heterocycles. The molecule has 1 fully saturated rings. The quantitative estimate of drug-likeness (QED) is 0.639. The smallest absolute Gasteiger partial charge is 0.230 e. The van der Waals surface area contributed by atoms with Gasteiger partial charge < -0.3 is 9.88 Å². The number of aromatic nitrogens is 4. The van der Waals surface area contributed by atoms with Crippen LogP contribution in [-0.4, -0.2) is 57.4 Å². The van der Waals surface area contributed by atoms with E-state index in [1.54, 1.807) is 0 Å². The molecule has 1 aliphatic rings. The van der Waals surface area contributed by atoms with Gasteiger partial charge in [0.25, 0.3) is 0 Å². The summed E-state index contributed by atoms with van der Waals surface area (Å²) in [6, 6.07) is 7.66. The highest BCUT2D eigenvalue weighted by molar-refractivity contribution is 7.99. The van der Waals surface area contributed by atoms with Crippen LogP contribution in [0.25, 0.3) is 22.1 Å². The zero-order chi connectivity index (χ0) is 19.0. The van der Waals surface area contributed by atoms with E-state index in [1.807, 2.05) is 31.2 Å². The first kappa shape index (κ1) is 18.2. The van der Waals surface area contributed by atoms with Gasteiger partial charge in [-0.25, -0.2) is 13.4 Å². The topological polar surface area (TPSA) is 107 Å². The van der Waals surface area contributed by atoms with Crippen LogP contribution >= 0.6 is 11.8 Å². The van der Waals surface area contributed by atoms with Crippen molar-refractivity contribution in [2.45, 2.75) is 31.1 Å². The predicted octanol–water partition coefficient (Wildman–Crippen LogP) is 1.39. The standard InChI is InChI=1S/C17H19N5O3S2/c1-2-22-13-6-4-3-5-12(13)15-16(22)19-17(21-20-15)26-9-14(23)18-11-7-8-27(24,25)10-11/h3-6,11H,2,7-10H2,1H3,(H,18,23)/t11-/m0/s1. The summed E-state index contributed by atoms with van der Waals surface area (Å²) in [7, 11) is -3.01. The van der Waals surface area contributed by atoms with E-state index in [9.17, 15) is 13.2 Å². The molecule has 1 N–H and O–H groups in total. The molecule has 27 heavy (non-hydrogen) atoms. The molecule has 0 radical (unpaired) electrons. The van der Waals surface area contributed by atoms with Crippen molar-refractivity contribution in [3.05, 3.63) is 24.3 Å². The minimum atomic E-state index is -3.01. The van der Waals surface area contributed by atoms with Crippen molar-refractivity contribution in [3.8, 4) is 0 Å². The normalized spacial score (nSPS) is 18.9. The van der Waals surface area contributed by atoms with E-state index in [0.29, 0.717) is 11.6 Å². The zero-order valence-corrected chi connectivity index (χ0v) is 16.4. The van der Waals surface area contributed by atoms with Crippen LogP contribution < -0.4 is 5.32 Å². The number of rotatable bonds is 5. The summed E-state index contributed by atoms with van der Waals surface area (Å²) >= 11 is 1.20. The third kappa shape index (κ3) is 3.63. The Hall–Kier alpha value is -2.20. The van der Waals surface area contributed by atoms with Gasteiger partial charge >= 0.3 is 0 Å². The van der Waals surface area contributed by atoms with Gasteiger partial charge in [-0.15, -0.1) is 10.2 Å². The Balaban J connectivity index is 1.49. The maximum Gasteiger partial charge on any atom is 0.230 e. The summed E-state index contributed by atoms with van der Waals surface area (Å²) in [5.74, 6) is 0.0537. The molecule has 3 heterocycles. The minimum Gasteiger partial charge on any atom is -0.352 e. The van der Waals surface area contributed by atoms with Crippen LogP contribution in [0.1, 0.15) is 13.3 Å². The van der Waals surface area contributed by atoms with Crippen LogP contribution in [0.15, 0.2) is 29.4 Å². The van der Waals surface area contributed by atoms with Crippen LogP contribution in [0.4, 0.5) is 0 Å². The van der Waals surface area contributed by atoms with Gasteiger partial charge in [0.2, 0.25) is 11.1 Å². The Morgan fingerprint density at radius 1 is 1.33 bits per heavy atom. The largest absolute Gasteiger partial charge is 0.352 e. The number of nitrogens with zero attached hydrogens (tertiary/aromatic N) is 4. The lowest BCUT2D eigenvalue weighted by molar-refractivity contribution is -0.119. The molecule has 1 saturated heterocycles. The van der Waals surface area contributed by atoms with E-state index >= 15 is 0 Å². The zero-order valence-electron chi connectivity index (χ0n) is 14.8. The first-order valence-electron chi connectivity index (χ1n) is 8.71. The highest BCUT2D eigenvalue weighted by atomic mass is 32.2. The Morgan fingerprint density at radius 3 is 2.89 bits per heavy atom. The molecule has 1 amide bonds. The van der Waals surface area contributed by atoms with Gasteiger partial charge in [0.1, 0.15) is 5.52 Å². The summed E-state index contributed by atoms with van der Waals surface area (Å²) in [4.78, 5) is 16.7. The maximum absolute atomic E-state index is 12.1. The molecule has 10 heteroatoms. The molecule has 1 atom stereocenters. The van der Waals surface area contributed by atoms with Crippen LogP contribution in [0.3, 0.4) is 0 Å². The van der Waals surface area contributed by atoms with Crippen molar-refractivity contribution < 1.29 is 13.2 Å². The molecule has 0 spiro atoms. The number of sulfone groups is 1. The lowest BCUT2D eigenvalue weighted by atomic mass is 10.2.